The molecule has 20 heavy (non-hydrogen) atoms. The van der Waals surface area contributed by atoms with Crippen molar-refractivity contribution in [3.05, 3.63) is 29.8 Å². The zero-order chi connectivity index (χ0) is 13.9. The number of halogens is 1. The highest BCUT2D eigenvalue weighted by molar-refractivity contribution is 5.85. The minimum atomic E-state index is -0.249. The lowest BCUT2D eigenvalue weighted by molar-refractivity contribution is -0.139. The minimum absolute atomic E-state index is 0. The van der Waals surface area contributed by atoms with E-state index >= 15 is 0 Å². The first-order chi connectivity index (χ1) is 9.05. The summed E-state index contributed by atoms with van der Waals surface area (Å²) in [7, 11) is 3.52. The summed E-state index contributed by atoms with van der Waals surface area (Å²) in [6, 6.07) is 7.84. The Kier molecular flexibility index (Phi) is 5.84. The van der Waals surface area contributed by atoms with Gasteiger partial charge in [-0.25, -0.2) is 0 Å². The number of nitrogens with one attached hydrogen (secondary N) is 1. The van der Waals surface area contributed by atoms with Crippen LogP contribution in [-0.4, -0.2) is 38.1 Å². The molecule has 0 aromatic heterocycles. The largest absolute Gasteiger partial charge is 0.497 e. The van der Waals surface area contributed by atoms with Gasteiger partial charge in [0.05, 0.1) is 12.5 Å². The fraction of sp³-hybridized carbons (Fsp3) is 0.533. The maximum atomic E-state index is 12.5. The van der Waals surface area contributed by atoms with Crippen LogP contribution in [0.3, 0.4) is 0 Å². The van der Waals surface area contributed by atoms with E-state index in [2.05, 4.69) is 5.32 Å². The number of hydrogen-bond acceptors (Lipinski definition) is 3. The van der Waals surface area contributed by atoms with Gasteiger partial charge in [-0.1, -0.05) is 12.1 Å². The van der Waals surface area contributed by atoms with Gasteiger partial charge < -0.3 is 15.0 Å². The molecule has 5 heteroatoms. The first-order valence-electron chi connectivity index (χ1n) is 6.64. The zero-order valence-corrected chi connectivity index (χ0v) is 13.1. The quantitative estimate of drug-likeness (QED) is 0.925. The van der Waals surface area contributed by atoms with E-state index in [1.54, 1.807) is 7.11 Å². The van der Waals surface area contributed by atoms with Gasteiger partial charge in [0.2, 0.25) is 5.91 Å². The Bertz CT molecular complexity index is 442. The lowest BCUT2D eigenvalue weighted by Crippen LogP contribution is -2.41. The predicted molar refractivity (Wildman–Crippen MR) is 82.3 cm³/mol. The molecule has 2 rings (SSSR count). The normalized spacial score (nSPS) is 21.1. The molecule has 1 aliphatic rings. The molecule has 1 heterocycles. The van der Waals surface area contributed by atoms with E-state index in [0.717, 1.165) is 30.8 Å². The van der Waals surface area contributed by atoms with Crippen molar-refractivity contribution in [1.82, 2.24) is 10.2 Å². The van der Waals surface area contributed by atoms with E-state index in [4.69, 9.17) is 4.74 Å². The number of carbonyl (C=O) groups excluding carboxylic acids is 1. The summed E-state index contributed by atoms with van der Waals surface area (Å²) < 4.78 is 5.13. The van der Waals surface area contributed by atoms with Gasteiger partial charge in [-0.15, -0.1) is 12.4 Å². The molecule has 112 valence electrons. The van der Waals surface area contributed by atoms with Crippen molar-refractivity contribution in [1.29, 1.82) is 0 Å². The number of ether oxygens (including phenoxy) is 1. The maximum absolute atomic E-state index is 12.5. The van der Waals surface area contributed by atoms with E-state index in [9.17, 15) is 4.79 Å². The summed E-state index contributed by atoms with van der Waals surface area (Å²) in [6.07, 6.45) is 0.915. The predicted octanol–water partition coefficient (Wildman–Crippen LogP) is 2.07. The highest BCUT2D eigenvalue weighted by Crippen LogP contribution is 2.27. The number of rotatable bonds is 4. The van der Waals surface area contributed by atoms with Crippen molar-refractivity contribution in [2.45, 2.75) is 19.9 Å². The number of nitrogens with zero attached hydrogens (tertiary/aromatic N) is 1. The monoisotopic (exact) mass is 298 g/mol. The molecule has 1 unspecified atom stereocenters. The average Bonchev–Trinajstić information content (AvgIpc) is 2.87. The maximum Gasteiger partial charge on any atom is 0.229 e. The molecule has 1 aromatic carbocycles. The molecule has 1 saturated heterocycles. The smallest absolute Gasteiger partial charge is 0.229 e. The van der Waals surface area contributed by atoms with E-state index in [0.29, 0.717) is 6.54 Å². The van der Waals surface area contributed by atoms with Gasteiger partial charge in [-0.05, 0) is 37.6 Å². The summed E-state index contributed by atoms with van der Waals surface area (Å²) in [6.45, 7) is 4.38. The van der Waals surface area contributed by atoms with Gasteiger partial charge in [0.15, 0.2) is 0 Å². The van der Waals surface area contributed by atoms with Crippen LogP contribution in [0.25, 0.3) is 0 Å². The van der Waals surface area contributed by atoms with E-state index in [1.807, 2.05) is 43.1 Å². The van der Waals surface area contributed by atoms with Crippen molar-refractivity contribution in [3.63, 3.8) is 0 Å². The molecule has 1 amide bonds. The summed E-state index contributed by atoms with van der Waals surface area (Å²) >= 11 is 0. The summed E-state index contributed by atoms with van der Waals surface area (Å²) in [5.74, 6) is 1.05. The number of benzene rings is 1. The molecule has 1 N–H and O–H groups in total. The molecule has 0 aliphatic carbocycles. The molecular formula is C15H23ClN2O2. The molecule has 1 atom stereocenters. The lowest BCUT2D eigenvalue weighted by atomic mass is 9.88. The van der Waals surface area contributed by atoms with Crippen LogP contribution in [-0.2, 0) is 11.3 Å². The molecule has 0 radical (unpaired) electrons. The number of hydrogen-bond donors (Lipinski definition) is 1. The molecule has 0 bridgehead atoms. The van der Waals surface area contributed by atoms with Gasteiger partial charge in [-0.2, -0.15) is 0 Å². The molecule has 1 aliphatic heterocycles. The third-order valence-corrected chi connectivity index (χ3v) is 3.81. The molecule has 0 spiro atoms. The zero-order valence-electron chi connectivity index (χ0n) is 12.3. The van der Waals surface area contributed by atoms with Gasteiger partial charge in [0.25, 0.3) is 0 Å². The van der Waals surface area contributed by atoms with Crippen LogP contribution in [0.5, 0.6) is 5.75 Å². The van der Waals surface area contributed by atoms with E-state index < -0.39 is 0 Å². The second kappa shape index (κ2) is 6.95. The van der Waals surface area contributed by atoms with Crippen molar-refractivity contribution < 1.29 is 9.53 Å². The van der Waals surface area contributed by atoms with E-state index in [-0.39, 0.29) is 23.7 Å². The molecule has 0 saturated carbocycles. The van der Waals surface area contributed by atoms with Crippen LogP contribution in [0.4, 0.5) is 0 Å². The lowest BCUT2D eigenvalue weighted by Gasteiger charge is -2.28. The topological polar surface area (TPSA) is 41.6 Å². The van der Waals surface area contributed by atoms with Crippen LogP contribution in [0.1, 0.15) is 18.9 Å². The number of amides is 1. The first kappa shape index (κ1) is 16.8. The Hall–Kier alpha value is -1.26. The minimum Gasteiger partial charge on any atom is -0.497 e. The fourth-order valence-electron chi connectivity index (χ4n) is 2.54. The highest BCUT2D eigenvalue weighted by atomic mass is 35.5. The number of carbonyl (C=O) groups is 1. The van der Waals surface area contributed by atoms with Crippen molar-refractivity contribution >= 4 is 18.3 Å². The Morgan fingerprint density at radius 3 is 2.55 bits per heavy atom. The van der Waals surface area contributed by atoms with E-state index in [1.165, 1.54) is 0 Å². The van der Waals surface area contributed by atoms with Crippen molar-refractivity contribution in [3.8, 4) is 5.75 Å². The average molecular weight is 299 g/mol. The highest BCUT2D eigenvalue weighted by Gasteiger charge is 2.38. The first-order valence-corrected chi connectivity index (χ1v) is 6.64. The Labute approximate surface area is 126 Å². The molecular weight excluding hydrogens is 276 g/mol. The SMILES string of the molecule is COc1ccc(CN(C)C(=O)C2(C)CCNC2)cc1.Cl. The fourth-order valence-corrected chi connectivity index (χ4v) is 2.54. The third-order valence-electron chi connectivity index (χ3n) is 3.81. The third kappa shape index (κ3) is 3.64. The van der Waals surface area contributed by atoms with Gasteiger partial charge in [0, 0.05) is 20.1 Å². The van der Waals surface area contributed by atoms with Crippen LogP contribution in [0.2, 0.25) is 0 Å². The Morgan fingerprint density at radius 2 is 2.05 bits per heavy atom. The van der Waals surface area contributed by atoms with Crippen LogP contribution in [0.15, 0.2) is 24.3 Å². The molecule has 1 aromatic rings. The molecule has 1 fully saturated rings. The van der Waals surface area contributed by atoms with Crippen LogP contribution in [0, 0.1) is 5.41 Å². The number of methoxy groups -OCH3 is 1. The second-order valence-corrected chi connectivity index (χ2v) is 5.50. The standard InChI is InChI=1S/C15H22N2O2.ClH/c1-15(8-9-16-11-15)14(18)17(2)10-12-4-6-13(19-3)7-5-12;/h4-7,16H,8-11H2,1-3H3;1H. The summed E-state index contributed by atoms with van der Waals surface area (Å²) in [5.41, 5.74) is 0.868. The second-order valence-electron chi connectivity index (χ2n) is 5.50. The van der Waals surface area contributed by atoms with Gasteiger partial charge in [0.1, 0.15) is 5.75 Å². The van der Waals surface area contributed by atoms with Gasteiger partial charge >= 0.3 is 0 Å². The summed E-state index contributed by atoms with van der Waals surface area (Å²) in [5, 5.41) is 3.26. The van der Waals surface area contributed by atoms with Crippen LogP contribution < -0.4 is 10.1 Å². The van der Waals surface area contributed by atoms with Crippen molar-refractivity contribution in [2.75, 3.05) is 27.2 Å². The van der Waals surface area contributed by atoms with Crippen LogP contribution >= 0.6 is 12.4 Å². The Balaban J connectivity index is 0.00000200. The van der Waals surface area contributed by atoms with Crippen molar-refractivity contribution in [2.24, 2.45) is 5.41 Å². The summed E-state index contributed by atoms with van der Waals surface area (Å²) in [4.78, 5) is 14.3. The molecule has 4 nitrogen and oxygen atoms in total. The van der Waals surface area contributed by atoms with Gasteiger partial charge in [-0.3, -0.25) is 4.79 Å². The Morgan fingerprint density at radius 1 is 1.40 bits per heavy atom.